The van der Waals surface area contributed by atoms with Crippen LogP contribution in [0.2, 0.25) is 0 Å². The van der Waals surface area contributed by atoms with Crippen LogP contribution in [0.25, 0.3) is 0 Å². The van der Waals surface area contributed by atoms with Gasteiger partial charge in [-0.2, -0.15) is 0 Å². The van der Waals surface area contributed by atoms with E-state index in [-0.39, 0.29) is 25.9 Å². The minimum Gasteiger partial charge on any atom is -1.00 e. The van der Waals surface area contributed by atoms with Gasteiger partial charge in [-0.05, 0) is 9.97 Å². The molecule has 0 aromatic heterocycles. The molecule has 0 heterocycles. The van der Waals surface area contributed by atoms with Crippen molar-refractivity contribution in [3.05, 3.63) is 9.97 Å². The minimum absolute atomic E-state index is 0. The summed E-state index contributed by atoms with van der Waals surface area (Å²) in [6, 6.07) is 0. The summed E-state index contributed by atoms with van der Waals surface area (Å²) in [5.74, 6) is 0. The molecule has 0 fully saturated rings. The molecule has 0 aliphatic rings. The van der Waals surface area contributed by atoms with E-state index in [2.05, 4.69) is 31.9 Å². The molecule has 0 bridgehead atoms. The summed E-state index contributed by atoms with van der Waals surface area (Å²) in [6.45, 7) is 0. The zero-order valence-electron chi connectivity index (χ0n) is 4.62. The van der Waals surface area contributed by atoms with E-state index in [9.17, 15) is 0 Å². The topological polar surface area (TPSA) is 0 Å². The maximum Gasteiger partial charge on any atom is 2.00 e. The molecule has 0 radical (unpaired) electrons. The molecule has 0 spiro atoms. The zero-order chi connectivity index (χ0) is 3.41. The standard InChI is InChI=1S/C2H2Br2.Mg.2H/c3-1-2-4;;;/h1-2H;;;/q;+2;2*-1. The van der Waals surface area contributed by atoms with E-state index in [4.69, 9.17) is 0 Å². The molecule has 0 aromatic rings. The van der Waals surface area contributed by atoms with Crippen molar-refractivity contribution in [3.63, 3.8) is 0 Å². The SMILES string of the molecule is BrC=CBr.[H-].[H-].[Mg+2]. The Morgan fingerprint density at radius 1 is 1.20 bits per heavy atom. The van der Waals surface area contributed by atoms with Gasteiger partial charge >= 0.3 is 23.1 Å². The Morgan fingerprint density at radius 2 is 1.40 bits per heavy atom. The Bertz CT molecular complexity index is 28.9. The van der Waals surface area contributed by atoms with E-state index >= 15 is 0 Å². The van der Waals surface area contributed by atoms with Gasteiger partial charge in [-0.1, -0.05) is 31.9 Å². The maximum atomic E-state index is 3.02. The summed E-state index contributed by atoms with van der Waals surface area (Å²) in [5, 5.41) is 0. The summed E-state index contributed by atoms with van der Waals surface area (Å²) in [6.07, 6.45) is 0. The Balaban J connectivity index is -0.0000000150. The predicted octanol–water partition coefficient (Wildman–Crippen LogP) is 2.09. The van der Waals surface area contributed by atoms with Gasteiger partial charge in [0.15, 0.2) is 0 Å². The second-order valence-electron chi connectivity index (χ2n) is 0.252. The van der Waals surface area contributed by atoms with Crippen molar-refractivity contribution < 1.29 is 2.85 Å². The summed E-state index contributed by atoms with van der Waals surface area (Å²) >= 11 is 6.04. The molecule has 3 heteroatoms. The van der Waals surface area contributed by atoms with Gasteiger partial charge in [0.25, 0.3) is 0 Å². The Labute approximate surface area is 67.4 Å². The third-order valence-electron chi connectivity index (χ3n) is 0.0476. The quantitative estimate of drug-likeness (QED) is 0.539. The van der Waals surface area contributed by atoms with Crippen LogP contribution < -0.4 is 0 Å². The van der Waals surface area contributed by atoms with Gasteiger partial charge in [0.05, 0.1) is 0 Å². The largest absolute Gasteiger partial charge is 2.00 e. The molecule has 0 saturated heterocycles. The van der Waals surface area contributed by atoms with E-state index in [0.717, 1.165) is 0 Å². The molecule has 0 nitrogen and oxygen atoms in total. The second-order valence-corrected chi connectivity index (χ2v) is 1.31. The van der Waals surface area contributed by atoms with Crippen LogP contribution in [0.3, 0.4) is 0 Å². The second kappa shape index (κ2) is 9.08. The monoisotopic (exact) mass is 210 g/mol. The fourth-order valence-electron chi connectivity index (χ4n) is 0. The fourth-order valence-corrected chi connectivity index (χ4v) is 0. The van der Waals surface area contributed by atoms with Gasteiger partial charge in [0.1, 0.15) is 0 Å². The molecule has 0 saturated carbocycles. The van der Waals surface area contributed by atoms with E-state index < -0.39 is 0 Å². The average Bonchev–Trinajstić information content (AvgIpc) is 1.37. The van der Waals surface area contributed by atoms with Crippen molar-refractivity contribution in [3.8, 4) is 0 Å². The molecule has 0 rings (SSSR count). The predicted molar refractivity (Wildman–Crippen MR) is 35.0 cm³/mol. The normalized spacial score (nSPS) is 7.60. The number of hydrogen-bond donors (Lipinski definition) is 0. The average molecular weight is 212 g/mol. The number of halogens is 2. The molecule has 0 unspecified atom stereocenters. The van der Waals surface area contributed by atoms with Gasteiger partial charge in [0.2, 0.25) is 0 Å². The third kappa shape index (κ3) is 10.8. The van der Waals surface area contributed by atoms with Crippen LogP contribution in [0, 0.1) is 0 Å². The first-order valence-corrected chi connectivity index (χ1v) is 2.60. The number of hydrogen-bond acceptors (Lipinski definition) is 0. The van der Waals surface area contributed by atoms with Crippen LogP contribution >= 0.6 is 31.9 Å². The molecule has 0 N–H and O–H groups in total. The van der Waals surface area contributed by atoms with Crippen LogP contribution in [0.15, 0.2) is 9.97 Å². The van der Waals surface area contributed by atoms with Crippen molar-refractivity contribution in [1.29, 1.82) is 0 Å². The summed E-state index contributed by atoms with van der Waals surface area (Å²) < 4.78 is 0. The Hall–Kier alpha value is 1.47. The van der Waals surface area contributed by atoms with Crippen molar-refractivity contribution >= 4 is 54.9 Å². The molecule has 0 atom stereocenters. The summed E-state index contributed by atoms with van der Waals surface area (Å²) in [5.41, 5.74) is 0. The van der Waals surface area contributed by atoms with Crippen molar-refractivity contribution in [2.75, 3.05) is 0 Å². The fraction of sp³-hybridized carbons (Fsp3) is 0. The molecular weight excluding hydrogens is 208 g/mol. The van der Waals surface area contributed by atoms with E-state index in [1.165, 1.54) is 0 Å². The van der Waals surface area contributed by atoms with E-state index in [0.29, 0.717) is 0 Å². The van der Waals surface area contributed by atoms with Gasteiger partial charge in [-0.15, -0.1) is 0 Å². The van der Waals surface area contributed by atoms with Crippen molar-refractivity contribution in [2.24, 2.45) is 0 Å². The molecule has 28 valence electrons. The van der Waals surface area contributed by atoms with Gasteiger partial charge in [0, 0.05) is 0 Å². The van der Waals surface area contributed by atoms with Gasteiger partial charge in [-0.25, -0.2) is 0 Å². The first-order chi connectivity index (χ1) is 1.91. The third-order valence-corrected chi connectivity index (χ3v) is 1.29. The molecule has 5 heavy (non-hydrogen) atoms. The molecular formula is C2H4Br2Mg. The van der Waals surface area contributed by atoms with Crippen LogP contribution in [0.1, 0.15) is 2.85 Å². The molecule has 0 aliphatic heterocycles. The van der Waals surface area contributed by atoms with Gasteiger partial charge < -0.3 is 2.85 Å². The van der Waals surface area contributed by atoms with E-state index in [1.807, 2.05) is 0 Å². The van der Waals surface area contributed by atoms with Crippen LogP contribution in [-0.4, -0.2) is 23.1 Å². The van der Waals surface area contributed by atoms with E-state index in [1.54, 1.807) is 9.97 Å². The Morgan fingerprint density at radius 3 is 1.40 bits per heavy atom. The number of rotatable bonds is 0. The summed E-state index contributed by atoms with van der Waals surface area (Å²) in [7, 11) is 0. The molecule has 0 aliphatic carbocycles. The minimum atomic E-state index is 0. The Kier molecular flexibility index (Phi) is 17.6. The first-order valence-electron chi connectivity index (χ1n) is 0.770. The van der Waals surface area contributed by atoms with Crippen LogP contribution in [0.4, 0.5) is 0 Å². The van der Waals surface area contributed by atoms with Crippen LogP contribution in [0.5, 0.6) is 0 Å². The maximum absolute atomic E-state index is 3.02. The molecule has 0 aromatic carbocycles. The smallest absolute Gasteiger partial charge is 1.00 e. The molecule has 0 amide bonds. The van der Waals surface area contributed by atoms with Crippen molar-refractivity contribution in [1.82, 2.24) is 0 Å². The van der Waals surface area contributed by atoms with Crippen LogP contribution in [-0.2, 0) is 0 Å². The first kappa shape index (κ1) is 9.69. The van der Waals surface area contributed by atoms with Gasteiger partial charge in [-0.3, -0.25) is 0 Å². The zero-order valence-corrected chi connectivity index (χ0v) is 7.20. The van der Waals surface area contributed by atoms with Crippen molar-refractivity contribution in [2.45, 2.75) is 0 Å². The summed E-state index contributed by atoms with van der Waals surface area (Å²) in [4.78, 5) is 3.46.